The van der Waals surface area contributed by atoms with Gasteiger partial charge in [-0.3, -0.25) is 9.69 Å². The van der Waals surface area contributed by atoms with Crippen molar-refractivity contribution in [2.75, 3.05) is 27.2 Å². The molecule has 2 saturated carbocycles. The number of methoxy groups -OCH3 is 1. The number of benzene rings is 2. The molecule has 1 saturated heterocycles. The van der Waals surface area contributed by atoms with Gasteiger partial charge in [-0.1, -0.05) is 18.2 Å². The van der Waals surface area contributed by atoms with Crippen molar-refractivity contribution in [2.24, 2.45) is 5.92 Å². The standard InChI is InChI=1S/C32H37F3N2O5/c1-36(27(39)11-8-20-4-3-5-24(16-20)42-32(33,34)35)23-12-13-31(40)26-17-22-9-10-25(38)29(41-2)28(22)30(31,18-23)14-15-37(26)19-21-6-7-21/h3-5,8-11,16,21,23,26,38,40H,6-7,12-15,17-19H2,1-2H3/t23-,26+,30+,31+/m0/s1. The van der Waals surface area contributed by atoms with Crippen molar-refractivity contribution in [3.05, 3.63) is 59.2 Å². The van der Waals surface area contributed by atoms with E-state index in [0.29, 0.717) is 49.3 Å². The second kappa shape index (κ2) is 10.5. The lowest BCUT2D eigenvalue weighted by atomic mass is 9.48. The SMILES string of the molecule is COc1c(O)ccc2c1[C@]13CCN(CC4CC4)[C@H](C2)[C@]1(O)CC[C@H](N(C)C(=O)C=Cc1cccc(OC(F)(F)F)c1)C3. The number of amides is 1. The van der Waals surface area contributed by atoms with E-state index in [9.17, 15) is 28.2 Å². The van der Waals surface area contributed by atoms with Crippen LogP contribution in [0.3, 0.4) is 0 Å². The number of ether oxygens (including phenoxy) is 2. The summed E-state index contributed by atoms with van der Waals surface area (Å²) in [6.07, 6.45) is 3.46. The van der Waals surface area contributed by atoms with Gasteiger partial charge in [-0.05, 0) is 92.8 Å². The number of phenolic OH excluding ortho intramolecular Hbond substituents is 1. The third kappa shape index (κ3) is 5.02. The highest BCUT2D eigenvalue weighted by Gasteiger charge is 2.66. The number of carbonyl (C=O) groups is 1. The number of rotatable bonds is 7. The predicted octanol–water partition coefficient (Wildman–Crippen LogP) is 5.03. The molecular formula is C32H37F3N2O5. The molecule has 7 nitrogen and oxygen atoms in total. The molecular weight excluding hydrogens is 549 g/mol. The molecule has 4 aliphatic rings. The lowest BCUT2D eigenvalue weighted by Crippen LogP contribution is -2.74. The molecule has 1 amide bonds. The molecule has 0 unspecified atom stereocenters. The van der Waals surface area contributed by atoms with Crippen molar-refractivity contribution >= 4 is 12.0 Å². The Morgan fingerprint density at radius 2 is 1.98 bits per heavy atom. The van der Waals surface area contributed by atoms with Gasteiger partial charge in [0.25, 0.3) is 0 Å². The molecule has 2 aromatic rings. The first-order valence-electron chi connectivity index (χ1n) is 14.6. The van der Waals surface area contributed by atoms with Crippen molar-refractivity contribution in [1.82, 2.24) is 9.80 Å². The van der Waals surface area contributed by atoms with E-state index in [-0.39, 0.29) is 29.5 Å². The van der Waals surface area contributed by atoms with Crippen molar-refractivity contribution in [2.45, 2.75) is 74.4 Å². The summed E-state index contributed by atoms with van der Waals surface area (Å²) in [4.78, 5) is 17.5. The zero-order chi connectivity index (χ0) is 29.9. The number of likely N-dealkylation sites (N-methyl/N-ethyl adjacent to an activating group) is 1. The Morgan fingerprint density at radius 3 is 2.69 bits per heavy atom. The number of likely N-dealkylation sites (tertiary alicyclic amines) is 1. The van der Waals surface area contributed by atoms with Crippen LogP contribution in [0.2, 0.25) is 0 Å². The summed E-state index contributed by atoms with van der Waals surface area (Å²) >= 11 is 0. The van der Waals surface area contributed by atoms with E-state index < -0.39 is 17.4 Å². The number of aliphatic hydroxyl groups is 1. The van der Waals surface area contributed by atoms with Gasteiger partial charge in [0.05, 0.1) is 12.7 Å². The second-order valence-corrected chi connectivity index (χ2v) is 12.4. The third-order valence-electron chi connectivity index (χ3n) is 10.0. The van der Waals surface area contributed by atoms with Gasteiger partial charge in [0, 0.05) is 42.7 Å². The number of phenols is 1. The van der Waals surface area contributed by atoms with Gasteiger partial charge in [0.1, 0.15) is 5.75 Å². The average Bonchev–Trinajstić information content (AvgIpc) is 3.76. The lowest BCUT2D eigenvalue weighted by molar-refractivity contribution is -0.274. The smallest absolute Gasteiger partial charge is 0.504 e. The number of nitrogens with zero attached hydrogens (tertiary/aromatic N) is 2. The minimum absolute atomic E-state index is 0.0399. The predicted molar refractivity (Wildman–Crippen MR) is 150 cm³/mol. The summed E-state index contributed by atoms with van der Waals surface area (Å²) in [5, 5.41) is 23.4. The van der Waals surface area contributed by atoms with Crippen LogP contribution in [0, 0.1) is 5.92 Å². The minimum Gasteiger partial charge on any atom is -0.504 e. The summed E-state index contributed by atoms with van der Waals surface area (Å²) in [5.74, 6) is 0.482. The Hall–Kier alpha value is -3.24. The molecule has 0 spiro atoms. The number of alkyl halides is 3. The van der Waals surface area contributed by atoms with Gasteiger partial charge < -0.3 is 24.6 Å². The largest absolute Gasteiger partial charge is 0.573 e. The first-order valence-corrected chi connectivity index (χ1v) is 14.6. The van der Waals surface area contributed by atoms with Gasteiger partial charge in [0.15, 0.2) is 11.5 Å². The van der Waals surface area contributed by atoms with Crippen molar-refractivity contribution < 1.29 is 37.7 Å². The number of piperidine rings is 1. The molecule has 6 rings (SSSR count). The molecule has 10 heteroatoms. The Labute approximate surface area is 243 Å². The van der Waals surface area contributed by atoms with Crippen LogP contribution in [0.15, 0.2) is 42.5 Å². The van der Waals surface area contributed by atoms with Crippen molar-refractivity contribution in [3.8, 4) is 17.2 Å². The fraction of sp³-hybridized carbons (Fsp3) is 0.531. The normalized spacial score (nSPS) is 29.1. The molecule has 0 radical (unpaired) electrons. The van der Waals surface area contributed by atoms with Gasteiger partial charge in [-0.25, -0.2) is 0 Å². The summed E-state index contributed by atoms with van der Waals surface area (Å²) < 4.78 is 47.6. The van der Waals surface area contributed by atoms with Crippen molar-refractivity contribution in [3.63, 3.8) is 0 Å². The Kier molecular flexibility index (Phi) is 7.20. The van der Waals surface area contributed by atoms with Crippen LogP contribution in [-0.4, -0.2) is 77.2 Å². The van der Waals surface area contributed by atoms with E-state index in [1.54, 1.807) is 24.1 Å². The number of fused-ring (bicyclic) bond motifs is 1. The molecule has 3 fully saturated rings. The molecule has 2 N–H and O–H groups in total. The zero-order valence-electron chi connectivity index (χ0n) is 23.9. The molecule has 4 atom stereocenters. The van der Waals surface area contributed by atoms with Crippen LogP contribution in [0.4, 0.5) is 13.2 Å². The van der Waals surface area contributed by atoms with E-state index >= 15 is 0 Å². The third-order valence-corrected chi connectivity index (χ3v) is 10.0. The fourth-order valence-corrected chi connectivity index (χ4v) is 7.83. The monoisotopic (exact) mass is 586 g/mol. The molecule has 1 aliphatic heterocycles. The Bertz CT molecular complexity index is 1390. The van der Waals surface area contributed by atoms with Crippen LogP contribution in [0.25, 0.3) is 6.08 Å². The van der Waals surface area contributed by atoms with E-state index in [4.69, 9.17) is 4.74 Å². The summed E-state index contributed by atoms with van der Waals surface area (Å²) in [7, 11) is 3.26. The van der Waals surface area contributed by atoms with Crippen molar-refractivity contribution in [1.29, 1.82) is 0 Å². The molecule has 2 aromatic carbocycles. The summed E-state index contributed by atoms with van der Waals surface area (Å²) in [6.45, 7) is 1.80. The highest BCUT2D eigenvalue weighted by molar-refractivity contribution is 5.92. The Balaban J connectivity index is 1.28. The second-order valence-electron chi connectivity index (χ2n) is 12.4. The molecule has 42 heavy (non-hydrogen) atoms. The van der Waals surface area contributed by atoms with Crippen LogP contribution in [-0.2, 0) is 16.6 Å². The number of halogens is 3. The topological polar surface area (TPSA) is 82.5 Å². The van der Waals surface area contributed by atoms with E-state index in [2.05, 4.69) is 9.64 Å². The van der Waals surface area contributed by atoms with E-state index in [1.807, 2.05) is 6.07 Å². The maximum absolute atomic E-state index is 13.3. The first kappa shape index (κ1) is 28.9. The van der Waals surface area contributed by atoms with Gasteiger partial charge >= 0.3 is 6.36 Å². The summed E-state index contributed by atoms with van der Waals surface area (Å²) in [5.41, 5.74) is 0.582. The molecule has 2 bridgehead atoms. The van der Waals surface area contributed by atoms with Crippen LogP contribution < -0.4 is 9.47 Å². The maximum Gasteiger partial charge on any atom is 0.573 e. The van der Waals surface area contributed by atoms with Crippen LogP contribution in [0.1, 0.15) is 55.2 Å². The number of carbonyl (C=O) groups excluding carboxylic acids is 1. The fourth-order valence-electron chi connectivity index (χ4n) is 7.83. The highest BCUT2D eigenvalue weighted by atomic mass is 19.4. The molecule has 226 valence electrons. The van der Waals surface area contributed by atoms with Gasteiger partial charge in [0.2, 0.25) is 5.91 Å². The van der Waals surface area contributed by atoms with Crippen LogP contribution in [0.5, 0.6) is 17.2 Å². The molecule has 1 heterocycles. The number of hydrogen-bond acceptors (Lipinski definition) is 6. The quantitative estimate of drug-likeness (QED) is 0.443. The number of hydrogen-bond donors (Lipinski definition) is 2. The zero-order valence-corrected chi connectivity index (χ0v) is 23.9. The maximum atomic E-state index is 13.3. The van der Waals surface area contributed by atoms with Crippen LogP contribution >= 0.6 is 0 Å². The van der Waals surface area contributed by atoms with E-state index in [0.717, 1.165) is 24.2 Å². The first-order chi connectivity index (χ1) is 19.9. The molecule has 0 aromatic heterocycles. The Morgan fingerprint density at radius 1 is 1.19 bits per heavy atom. The van der Waals surface area contributed by atoms with Gasteiger partial charge in [-0.2, -0.15) is 0 Å². The lowest BCUT2D eigenvalue weighted by Gasteiger charge is -2.65. The summed E-state index contributed by atoms with van der Waals surface area (Å²) in [6, 6.07) is 8.82. The minimum atomic E-state index is -4.80. The van der Waals surface area contributed by atoms with Gasteiger partial charge in [-0.15, -0.1) is 13.2 Å². The molecule has 3 aliphatic carbocycles. The van der Waals surface area contributed by atoms with E-state index in [1.165, 1.54) is 50.3 Å². The number of aromatic hydroxyl groups is 1. The highest BCUT2D eigenvalue weighted by Crippen LogP contribution is 2.61. The average molecular weight is 587 g/mol.